The number of aliphatic hydroxyl groups excluding tert-OH is 1. The van der Waals surface area contributed by atoms with Crippen LogP contribution in [-0.4, -0.2) is 45.8 Å². The number of hydrogen-bond donors (Lipinski definition) is 1. The number of benzene rings is 2. The first-order chi connectivity index (χ1) is 14.1. The van der Waals surface area contributed by atoms with Gasteiger partial charge in [-0.2, -0.15) is 4.98 Å². The van der Waals surface area contributed by atoms with Crippen LogP contribution in [0.5, 0.6) is 0 Å². The number of amides is 1. The zero-order chi connectivity index (χ0) is 20.0. The predicted molar refractivity (Wildman–Crippen MR) is 108 cm³/mol. The van der Waals surface area contributed by atoms with E-state index in [-0.39, 0.29) is 17.9 Å². The molecule has 1 saturated heterocycles. The molecule has 6 nitrogen and oxygen atoms in total. The van der Waals surface area contributed by atoms with Gasteiger partial charge in [-0.1, -0.05) is 35.0 Å². The summed E-state index contributed by atoms with van der Waals surface area (Å²) in [6, 6.07) is 13.4. The van der Waals surface area contributed by atoms with Crippen LogP contribution in [0.3, 0.4) is 0 Å². The number of rotatable bonds is 4. The van der Waals surface area contributed by atoms with Crippen LogP contribution in [0.1, 0.15) is 24.0 Å². The van der Waals surface area contributed by atoms with Crippen molar-refractivity contribution in [3.63, 3.8) is 0 Å². The Morgan fingerprint density at radius 3 is 2.83 bits per heavy atom. The summed E-state index contributed by atoms with van der Waals surface area (Å²) in [6.07, 6.45) is 2.28. The highest BCUT2D eigenvalue weighted by molar-refractivity contribution is 6.30. The number of halogens is 1. The summed E-state index contributed by atoms with van der Waals surface area (Å²) in [5.41, 5.74) is 3.98. The summed E-state index contributed by atoms with van der Waals surface area (Å²) in [7, 11) is 0. The zero-order valence-electron chi connectivity index (χ0n) is 15.8. The number of fused-ring (bicyclic) bond motifs is 2. The monoisotopic (exact) mass is 409 g/mol. The molecule has 29 heavy (non-hydrogen) atoms. The zero-order valence-corrected chi connectivity index (χ0v) is 16.5. The smallest absolute Gasteiger partial charge is 0.258 e. The van der Waals surface area contributed by atoms with Crippen molar-refractivity contribution in [3.05, 3.63) is 58.6 Å². The van der Waals surface area contributed by atoms with Gasteiger partial charge in [0, 0.05) is 41.1 Å². The molecule has 1 spiro atoms. The molecule has 1 aromatic heterocycles. The molecular weight excluding hydrogens is 390 g/mol. The fraction of sp³-hybridized carbons (Fsp3) is 0.318. The Morgan fingerprint density at radius 2 is 2.03 bits per heavy atom. The molecule has 1 aliphatic heterocycles. The first kappa shape index (κ1) is 18.3. The molecule has 1 N–H and O–H groups in total. The van der Waals surface area contributed by atoms with Gasteiger partial charge in [-0.05, 0) is 48.2 Å². The minimum atomic E-state index is -0.180. The Bertz CT molecular complexity index is 1080. The van der Waals surface area contributed by atoms with Gasteiger partial charge in [0.05, 0.1) is 6.61 Å². The van der Waals surface area contributed by atoms with Crippen molar-refractivity contribution in [2.45, 2.75) is 24.7 Å². The summed E-state index contributed by atoms with van der Waals surface area (Å²) >= 11 is 5.96. The van der Waals surface area contributed by atoms with E-state index in [1.165, 1.54) is 11.1 Å². The van der Waals surface area contributed by atoms with Gasteiger partial charge in [-0.3, -0.25) is 4.79 Å². The molecule has 1 amide bonds. The van der Waals surface area contributed by atoms with E-state index in [0.29, 0.717) is 36.2 Å². The SMILES string of the molecule is O=C1C[C@]2(CCc3c(-c4noc(-c5ccc(Cl)cc5)n4)cccc32)CN1CCO. The number of likely N-dealkylation sites (tertiary alicyclic amines) is 1. The first-order valence-corrected chi connectivity index (χ1v) is 10.1. The quantitative estimate of drug-likeness (QED) is 0.713. The third kappa shape index (κ3) is 3.03. The van der Waals surface area contributed by atoms with Gasteiger partial charge in [-0.15, -0.1) is 0 Å². The van der Waals surface area contributed by atoms with E-state index < -0.39 is 0 Å². The molecule has 1 fully saturated rings. The van der Waals surface area contributed by atoms with Crippen LogP contribution in [0.4, 0.5) is 0 Å². The molecule has 2 aliphatic rings. The number of hydrogen-bond acceptors (Lipinski definition) is 5. The van der Waals surface area contributed by atoms with Gasteiger partial charge in [0.15, 0.2) is 0 Å². The standard InChI is InChI=1S/C22H20ClN3O3/c23-15-6-4-14(5-7-15)21-24-20(25-29-21)17-2-1-3-18-16(17)8-9-22(18)12-19(28)26(13-22)10-11-27/h1-7,27H,8-13H2/t22-/m1/s1. The van der Waals surface area contributed by atoms with Crippen LogP contribution in [0.15, 0.2) is 47.0 Å². The number of carbonyl (C=O) groups is 1. The van der Waals surface area contributed by atoms with Gasteiger partial charge < -0.3 is 14.5 Å². The highest BCUT2D eigenvalue weighted by Crippen LogP contribution is 2.48. The number of nitrogens with zero attached hydrogens (tertiary/aromatic N) is 3. The summed E-state index contributed by atoms with van der Waals surface area (Å²) in [6.45, 7) is 1.04. The highest BCUT2D eigenvalue weighted by Gasteiger charge is 2.48. The van der Waals surface area contributed by atoms with Crippen molar-refractivity contribution in [1.82, 2.24) is 15.0 Å². The van der Waals surface area contributed by atoms with E-state index in [0.717, 1.165) is 24.0 Å². The van der Waals surface area contributed by atoms with Gasteiger partial charge in [-0.25, -0.2) is 0 Å². The molecule has 2 aromatic carbocycles. The van der Waals surface area contributed by atoms with E-state index in [1.54, 1.807) is 17.0 Å². The number of aromatic nitrogens is 2. The van der Waals surface area contributed by atoms with Crippen LogP contribution in [0.25, 0.3) is 22.8 Å². The number of carbonyl (C=O) groups excluding carboxylic acids is 1. The Hall–Kier alpha value is -2.70. The van der Waals surface area contributed by atoms with Gasteiger partial charge in [0.25, 0.3) is 5.89 Å². The van der Waals surface area contributed by atoms with E-state index in [9.17, 15) is 9.90 Å². The average Bonchev–Trinajstić information content (AvgIpc) is 3.42. The van der Waals surface area contributed by atoms with Crippen molar-refractivity contribution in [2.75, 3.05) is 19.7 Å². The van der Waals surface area contributed by atoms with Crippen LogP contribution < -0.4 is 0 Å². The molecule has 0 bridgehead atoms. The fourth-order valence-corrected chi connectivity index (χ4v) is 4.81. The predicted octanol–water partition coefficient (Wildman–Crippen LogP) is 3.47. The Labute approximate surface area is 173 Å². The largest absolute Gasteiger partial charge is 0.395 e. The maximum absolute atomic E-state index is 12.4. The lowest BCUT2D eigenvalue weighted by molar-refractivity contribution is -0.128. The average molecular weight is 410 g/mol. The van der Waals surface area contributed by atoms with Crippen molar-refractivity contribution in [3.8, 4) is 22.8 Å². The molecular formula is C22H20ClN3O3. The maximum atomic E-state index is 12.4. The van der Waals surface area contributed by atoms with Crippen LogP contribution >= 0.6 is 11.6 Å². The van der Waals surface area contributed by atoms with E-state index in [4.69, 9.17) is 16.1 Å². The summed E-state index contributed by atoms with van der Waals surface area (Å²) < 4.78 is 5.49. The van der Waals surface area contributed by atoms with Gasteiger partial charge in [0.2, 0.25) is 11.7 Å². The van der Waals surface area contributed by atoms with Gasteiger partial charge in [0.1, 0.15) is 0 Å². The minimum absolute atomic E-state index is 0.00888. The highest BCUT2D eigenvalue weighted by atomic mass is 35.5. The molecule has 1 atom stereocenters. The summed E-state index contributed by atoms with van der Waals surface area (Å²) in [4.78, 5) is 18.8. The molecule has 0 saturated carbocycles. The second-order valence-corrected chi connectivity index (χ2v) is 8.19. The molecule has 7 heteroatoms. The van der Waals surface area contributed by atoms with Crippen LogP contribution in [-0.2, 0) is 16.6 Å². The van der Waals surface area contributed by atoms with E-state index >= 15 is 0 Å². The fourth-order valence-electron chi connectivity index (χ4n) is 4.69. The molecule has 3 aromatic rings. The number of β-amino-alcohol motifs (C(OH)–C–C–N with tert-alkyl or cyclic N) is 1. The molecule has 5 rings (SSSR count). The molecule has 0 unspecified atom stereocenters. The molecule has 2 heterocycles. The maximum Gasteiger partial charge on any atom is 0.258 e. The lowest BCUT2D eigenvalue weighted by atomic mass is 9.80. The third-order valence-corrected chi connectivity index (χ3v) is 6.32. The Balaban J connectivity index is 1.50. The first-order valence-electron chi connectivity index (χ1n) is 9.71. The normalized spacial score (nSPS) is 20.6. The molecule has 0 radical (unpaired) electrons. The topological polar surface area (TPSA) is 79.5 Å². The van der Waals surface area contributed by atoms with Crippen molar-refractivity contribution >= 4 is 17.5 Å². The van der Waals surface area contributed by atoms with Crippen molar-refractivity contribution in [1.29, 1.82) is 0 Å². The second kappa shape index (κ2) is 6.97. The van der Waals surface area contributed by atoms with Crippen molar-refractivity contribution in [2.24, 2.45) is 0 Å². The Morgan fingerprint density at radius 1 is 1.21 bits per heavy atom. The third-order valence-electron chi connectivity index (χ3n) is 6.06. The second-order valence-electron chi connectivity index (χ2n) is 7.76. The van der Waals surface area contributed by atoms with Crippen LogP contribution in [0, 0.1) is 0 Å². The van der Waals surface area contributed by atoms with Crippen molar-refractivity contribution < 1.29 is 14.4 Å². The van der Waals surface area contributed by atoms with Crippen LogP contribution in [0.2, 0.25) is 5.02 Å². The van der Waals surface area contributed by atoms with E-state index in [1.807, 2.05) is 24.3 Å². The minimum Gasteiger partial charge on any atom is -0.395 e. The number of aliphatic hydroxyl groups is 1. The summed E-state index contributed by atoms with van der Waals surface area (Å²) in [5.74, 6) is 1.12. The summed E-state index contributed by atoms with van der Waals surface area (Å²) in [5, 5.41) is 14.1. The van der Waals surface area contributed by atoms with Gasteiger partial charge >= 0.3 is 0 Å². The lowest BCUT2D eigenvalue weighted by Crippen LogP contribution is -2.32. The molecule has 1 aliphatic carbocycles. The molecule has 148 valence electrons. The van der Waals surface area contributed by atoms with E-state index in [2.05, 4.69) is 16.2 Å². The lowest BCUT2D eigenvalue weighted by Gasteiger charge is -2.24. The Kier molecular flexibility index (Phi) is 4.41.